The molecule has 1 radical (unpaired) electrons. The number of hydrogen-bond acceptors (Lipinski definition) is 0. The van der Waals surface area contributed by atoms with Crippen LogP contribution < -0.4 is 0 Å². The summed E-state index contributed by atoms with van der Waals surface area (Å²) < 4.78 is 0. The third-order valence-corrected chi connectivity index (χ3v) is 0. The minimum Gasteiger partial charge on any atom is 0 e. The first kappa shape index (κ1) is 33.2. The fourth-order valence-electron chi connectivity index (χ4n) is 0. The van der Waals surface area contributed by atoms with Gasteiger partial charge in [0.2, 0.25) is 0 Å². The van der Waals surface area contributed by atoms with E-state index in [1.165, 1.54) is 0 Å². The van der Waals surface area contributed by atoms with Crippen LogP contribution in [0.1, 0.15) is 0 Å². The van der Waals surface area contributed by atoms with E-state index in [0.29, 0.717) is 0 Å². The van der Waals surface area contributed by atoms with Crippen LogP contribution in [-0.2, 0) is 45.3 Å². The molecule has 0 aliphatic carbocycles. The average Bonchev–Trinajstić information content (AvgIpc) is 0. The standard InChI is InChI=1S/In.H2O.Sc.Zn.3H/h;1H2;;;;;. The maximum atomic E-state index is 0. The molecule has 0 aromatic heterocycles. The van der Waals surface area contributed by atoms with Crippen LogP contribution in [-0.4, -0.2) is 31.3 Å². The molecule has 19 valence electrons. The van der Waals surface area contributed by atoms with Crippen LogP contribution in [0.5, 0.6) is 0 Å². The van der Waals surface area contributed by atoms with Gasteiger partial charge in [0, 0.05) is 45.3 Å². The molecule has 0 aromatic carbocycles. The second-order valence-corrected chi connectivity index (χ2v) is 0. The molecule has 0 rings (SSSR count). The molecular weight excluding hydrogens is 241 g/mol. The van der Waals surface area contributed by atoms with Crippen LogP contribution in [0.2, 0.25) is 0 Å². The van der Waals surface area contributed by atoms with Crippen molar-refractivity contribution in [2.24, 2.45) is 0 Å². The predicted molar refractivity (Wildman–Crippen MR) is 13.6 cm³/mol. The van der Waals surface area contributed by atoms with E-state index in [0.717, 1.165) is 0 Å². The van der Waals surface area contributed by atoms with E-state index >= 15 is 0 Å². The van der Waals surface area contributed by atoms with Crippen molar-refractivity contribution in [2.75, 3.05) is 0 Å². The van der Waals surface area contributed by atoms with Crippen molar-refractivity contribution >= 4 is 25.8 Å². The van der Waals surface area contributed by atoms with Gasteiger partial charge >= 0.3 is 25.8 Å². The van der Waals surface area contributed by atoms with Crippen LogP contribution in [0.3, 0.4) is 0 Å². The second kappa shape index (κ2) is 18.4. The van der Waals surface area contributed by atoms with E-state index in [-0.39, 0.29) is 76.6 Å². The van der Waals surface area contributed by atoms with Gasteiger partial charge in [-0.05, 0) is 0 Å². The summed E-state index contributed by atoms with van der Waals surface area (Å²) in [7, 11) is 0. The molecule has 0 aromatic rings. The molecule has 0 amide bonds. The zero-order chi connectivity index (χ0) is 0. The Morgan fingerprint density at radius 3 is 1.00 bits per heavy atom. The molecule has 0 aliphatic heterocycles. The molecule has 0 spiro atoms. The van der Waals surface area contributed by atoms with Gasteiger partial charge in [-0.15, -0.1) is 0 Å². The molecule has 0 aliphatic rings. The van der Waals surface area contributed by atoms with Crippen LogP contribution in [0.4, 0.5) is 0 Å². The Balaban J connectivity index is 0. The minimum atomic E-state index is 0. The second-order valence-electron chi connectivity index (χ2n) is 0. The van der Waals surface area contributed by atoms with Gasteiger partial charge in [-0.25, -0.2) is 0 Å². The summed E-state index contributed by atoms with van der Waals surface area (Å²) in [6, 6.07) is 0. The van der Waals surface area contributed by atoms with E-state index in [1.54, 1.807) is 0 Å². The summed E-state index contributed by atoms with van der Waals surface area (Å²) in [6.07, 6.45) is 0. The SMILES string of the molecule is O.[InH3].[Sc].[Zn]. The van der Waals surface area contributed by atoms with Crippen molar-refractivity contribution in [1.29, 1.82) is 0 Å². The van der Waals surface area contributed by atoms with Gasteiger partial charge in [0.15, 0.2) is 0 Å². The Bertz CT molecular complexity index is 8.00. The summed E-state index contributed by atoms with van der Waals surface area (Å²) in [6.45, 7) is 0. The maximum absolute atomic E-state index is 0. The zero-order valence-electron chi connectivity index (χ0n) is 1.78. The van der Waals surface area contributed by atoms with Gasteiger partial charge in [0.05, 0.1) is 0 Å². The Morgan fingerprint density at radius 2 is 1.00 bits per heavy atom. The Labute approximate surface area is 75.5 Å². The molecule has 0 saturated carbocycles. The van der Waals surface area contributed by atoms with E-state index in [4.69, 9.17) is 0 Å². The van der Waals surface area contributed by atoms with Gasteiger partial charge < -0.3 is 5.48 Å². The van der Waals surface area contributed by atoms with Crippen LogP contribution in [0.25, 0.3) is 0 Å². The van der Waals surface area contributed by atoms with Crippen molar-refractivity contribution in [3.05, 3.63) is 0 Å². The largest absolute Gasteiger partial charge is 0 e. The summed E-state index contributed by atoms with van der Waals surface area (Å²) >= 11 is 0. The topological polar surface area (TPSA) is 31.5 Å². The predicted octanol–water partition coefficient (Wildman–Crippen LogP) is -2.01. The molecule has 0 saturated heterocycles. The summed E-state index contributed by atoms with van der Waals surface area (Å²) in [4.78, 5) is 0. The van der Waals surface area contributed by atoms with Crippen molar-refractivity contribution in [1.82, 2.24) is 0 Å². The molecule has 4 heavy (non-hydrogen) atoms. The Kier molecular flexibility index (Phi) is 153. The fraction of sp³-hybridized carbons (Fsp3) is 0. The summed E-state index contributed by atoms with van der Waals surface area (Å²) in [5, 5.41) is 0. The summed E-state index contributed by atoms with van der Waals surface area (Å²) in [5.41, 5.74) is 0. The molecule has 0 fully saturated rings. The normalized spacial score (nSPS) is 0. The first-order chi connectivity index (χ1) is 0. The molecule has 1 nitrogen and oxygen atoms in total. The Morgan fingerprint density at radius 1 is 1.00 bits per heavy atom. The molecular formula is H5InOScZn. The van der Waals surface area contributed by atoms with Gasteiger partial charge in [0.1, 0.15) is 0 Å². The first-order valence-electron chi connectivity index (χ1n) is 0. The van der Waals surface area contributed by atoms with Gasteiger partial charge in [0.25, 0.3) is 0 Å². The maximum Gasteiger partial charge on any atom is 0 e. The Hall–Kier alpha value is 2.32. The molecule has 2 N–H and O–H groups in total. The van der Waals surface area contributed by atoms with E-state index < -0.39 is 0 Å². The monoisotopic (exact) mass is 245 g/mol. The molecule has 4 heteroatoms. The quantitative estimate of drug-likeness (QED) is 0.442. The number of hydrogen-bond donors (Lipinski definition) is 0. The van der Waals surface area contributed by atoms with Gasteiger partial charge in [-0.3, -0.25) is 0 Å². The molecule has 0 atom stereocenters. The van der Waals surface area contributed by atoms with E-state index in [1.807, 2.05) is 0 Å². The van der Waals surface area contributed by atoms with Crippen molar-refractivity contribution in [2.45, 2.75) is 0 Å². The van der Waals surface area contributed by atoms with Crippen LogP contribution in [0.15, 0.2) is 0 Å². The van der Waals surface area contributed by atoms with E-state index in [9.17, 15) is 0 Å². The fourth-order valence-corrected chi connectivity index (χ4v) is 0. The van der Waals surface area contributed by atoms with Gasteiger partial charge in [-0.1, -0.05) is 0 Å². The average molecular weight is 246 g/mol. The first-order valence-corrected chi connectivity index (χ1v) is 0. The van der Waals surface area contributed by atoms with Crippen LogP contribution >= 0.6 is 0 Å². The van der Waals surface area contributed by atoms with Gasteiger partial charge in [-0.2, -0.15) is 0 Å². The smallest absolute Gasteiger partial charge is 0 e. The zero-order valence-corrected chi connectivity index (χ0v) is 6.55. The number of rotatable bonds is 0. The summed E-state index contributed by atoms with van der Waals surface area (Å²) in [5.74, 6) is 0. The molecule has 0 unspecified atom stereocenters. The molecule has 0 bridgehead atoms. The third-order valence-electron chi connectivity index (χ3n) is 0. The molecule has 0 heterocycles. The third kappa shape index (κ3) is 8.85. The minimum absolute atomic E-state index is 0. The van der Waals surface area contributed by atoms with Crippen LogP contribution in [0, 0.1) is 0 Å². The van der Waals surface area contributed by atoms with E-state index in [2.05, 4.69) is 0 Å². The van der Waals surface area contributed by atoms with Crippen molar-refractivity contribution < 1.29 is 50.8 Å². The van der Waals surface area contributed by atoms with Crippen molar-refractivity contribution in [3.63, 3.8) is 0 Å². The van der Waals surface area contributed by atoms with Crippen molar-refractivity contribution in [3.8, 4) is 0 Å².